The van der Waals surface area contributed by atoms with E-state index >= 15 is 0 Å². The van der Waals surface area contributed by atoms with Gasteiger partial charge in [-0.15, -0.1) is 0 Å². The first kappa shape index (κ1) is 16.9. The molecule has 0 amide bonds. The number of aromatic nitrogens is 3. The van der Waals surface area contributed by atoms with E-state index in [1.54, 1.807) is 0 Å². The van der Waals surface area contributed by atoms with Crippen molar-refractivity contribution in [2.24, 2.45) is 0 Å². The lowest BCUT2D eigenvalue weighted by molar-refractivity contribution is 0.198. The number of hydrogen-bond donors (Lipinski definition) is 1. The van der Waals surface area contributed by atoms with Crippen LogP contribution in [-0.2, 0) is 0 Å². The minimum Gasteiger partial charge on any atom is -0.313 e. The molecule has 1 aromatic carbocycles. The van der Waals surface area contributed by atoms with Gasteiger partial charge in [0.2, 0.25) is 0 Å². The van der Waals surface area contributed by atoms with Gasteiger partial charge in [0.25, 0.3) is 0 Å². The summed E-state index contributed by atoms with van der Waals surface area (Å²) in [5, 5.41) is 8.52. The van der Waals surface area contributed by atoms with Crippen molar-refractivity contribution in [2.45, 2.75) is 19.9 Å². The molecule has 1 fully saturated rings. The molecule has 3 heterocycles. The van der Waals surface area contributed by atoms with Crippen molar-refractivity contribution in [1.29, 1.82) is 0 Å². The van der Waals surface area contributed by atoms with E-state index in [1.807, 2.05) is 17.1 Å². The molecule has 3 aromatic rings. The molecule has 0 radical (unpaired) electrons. The molecule has 5 nitrogen and oxygen atoms in total. The Hall–Kier alpha value is -2.50. The predicted octanol–water partition coefficient (Wildman–Crippen LogP) is 3.13. The topological polar surface area (TPSA) is 46.0 Å². The minimum atomic E-state index is 0.264. The normalized spacial score (nSPS) is 18.2. The van der Waals surface area contributed by atoms with Gasteiger partial charge < -0.3 is 5.32 Å². The zero-order valence-corrected chi connectivity index (χ0v) is 15.6. The van der Waals surface area contributed by atoms with E-state index in [0.717, 1.165) is 36.6 Å². The van der Waals surface area contributed by atoms with Crippen LogP contribution in [0, 0.1) is 13.8 Å². The second-order valence-corrected chi connectivity index (χ2v) is 7.08. The maximum absolute atomic E-state index is 5.02. The van der Waals surface area contributed by atoms with Crippen LogP contribution in [0.25, 0.3) is 16.8 Å². The molecule has 1 N–H and O–H groups in total. The Morgan fingerprint density at radius 2 is 1.88 bits per heavy atom. The lowest BCUT2D eigenvalue weighted by atomic mass is 10.0. The first-order valence-electron chi connectivity index (χ1n) is 9.12. The molecule has 4 rings (SSSR count). The lowest BCUT2D eigenvalue weighted by Gasteiger charge is -2.32. The van der Waals surface area contributed by atoms with E-state index in [1.165, 1.54) is 16.7 Å². The van der Waals surface area contributed by atoms with Crippen LogP contribution in [0.5, 0.6) is 0 Å². The Bertz CT molecular complexity index is 900. The molecule has 1 aliphatic rings. The molecular weight excluding hydrogens is 322 g/mol. The molecular formula is C21H25N5. The van der Waals surface area contributed by atoms with Crippen LogP contribution in [0.3, 0.4) is 0 Å². The van der Waals surface area contributed by atoms with Gasteiger partial charge >= 0.3 is 0 Å². The quantitative estimate of drug-likeness (QED) is 0.791. The van der Waals surface area contributed by atoms with Gasteiger partial charge in [0, 0.05) is 43.8 Å². The zero-order chi connectivity index (χ0) is 18.1. The van der Waals surface area contributed by atoms with Crippen molar-refractivity contribution in [3.63, 3.8) is 0 Å². The van der Waals surface area contributed by atoms with Crippen molar-refractivity contribution in [3.8, 4) is 16.8 Å². The molecule has 0 spiro atoms. The van der Waals surface area contributed by atoms with Crippen molar-refractivity contribution in [2.75, 3.05) is 26.7 Å². The second-order valence-electron chi connectivity index (χ2n) is 7.08. The fraction of sp³-hybridized carbons (Fsp3) is 0.333. The zero-order valence-electron chi connectivity index (χ0n) is 15.6. The van der Waals surface area contributed by atoms with Gasteiger partial charge in [0.15, 0.2) is 0 Å². The predicted molar refractivity (Wildman–Crippen MR) is 105 cm³/mol. The number of nitrogens with zero attached hydrogens (tertiary/aromatic N) is 4. The van der Waals surface area contributed by atoms with E-state index in [2.05, 4.69) is 72.6 Å². The third-order valence-corrected chi connectivity index (χ3v) is 5.32. The number of piperazine rings is 1. The van der Waals surface area contributed by atoms with E-state index in [0.29, 0.717) is 0 Å². The van der Waals surface area contributed by atoms with Crippen molar-refractivity contribution >= 4 is 0 Å². The molecule has 5 heteroatoms. The van der Waals surface area contributed by atoms with E-state index in [-0.39, 0.29) is 6.04 Å². The highest BCUT2D eigenvalue weighted by atomic mass is 15.3. The molecule has 134 valence electrons. The number of hydrogen-bond acceptors (Lipinski definition) is 4. The Kier molecular flexibility index (Phi) is 4.57. The maximum Gasteiger partial charge on any atom is 0.0891 e. The highest BCUT2D eigenvalue weighted by Gasteiger charge is 2.26. The third kappa shape index (κ3) is 3.16. The van der Waals surface area contributed by atoms with Crippen LogP contribution in [0.2, 0.25) is 0 Å². The average molecular weight is 347 g/mol. The van der Waals surface area contributed by atoms with Crippen molar-refractivity contribution < 1.29 is 0 Å². The molecule has 0 saturated carbocycles. The van der Waals surface area contributed by atoms with E-state index in [4.69, 9.17) is 5.10 Å². The van der Waals surface area contributed by atoms with Crippen LogP contribution in [-0.4, -0.2) is 46.3 Å². The Morgan fingerprint density at radius 3 is 2.62 bits per heavy atom. The Morgan fingerprint density at radius 1 is 1.08 bits per heavy atom. The largest absolute Gasteiger partial charge is 0.313 e. The number of benzene rings is 1. The highest BCUT2D eigenvalue weighted by Crippen LogP contribution is 2.31. The first-order valence-corrected chi connectivity index (χ1v) is 9.12. The molecule has 1 saturated heterocycles. The van der Waals surface area contributed by atoms with Gasteiger partial charge in [-0.1, -0.05) is 6.07 Å². The number of rotatable bonds is 3. The average Bonchev–Trinajstić information content (AvgIpc) is 3.10. The van der Waals surface area contributed by atoms with Crippen LogP contribution in [0.4, 0.5) is 0 Å². The fourth-order valence-electron chi connectivity index (χ4n) is 3.50. The summed E-state index contributed by atoms with van der Waals surface area (Å²) in [6, 6.07) is 10.9. The Balaban J connectivity index is 1.83. The SMILES string of the molecule is Cc1ccc(-n2cc(-c3ccncc3)c(C3CNCCN3C)n2)cc1C. The van der Waals surface area contributed by atoms with Crippen LogP contribution in [0.15, 0.2) is 48.9 Å². The lowest BCUT2D eigenvalue weighted by Crippen LogP contribution is -2.44. The summed E-state index contributed by atoms with van der Waals surface area (Å²) in [5.74, 6) is 0. The van der Waals surface area contributed by atoms with E-state index < -0.39 is 0 Å². The number of aryl methyl sites for hydroxylation is 2. The van der Waals surface area contributed by atoms with Crippen LogP contribution in [0.1, 0.15) is 22.9 Å². The molecule has 1 atom stereocenters. The summed E-state index contributed by atoms with van der Waals surface area (Å²) in [6.45, 7) is 7.25. The van der Waals surface area contributed by atoms with Gasteiger partial charge in [0.05, 0.1) is 17.4 Å². The fourth-order valence-corrected chi connectivity index (χ4v) is 3.50. The molecule has 1 unspecified atom stereocenters. The van der Waals surface area contributed by atoms with E-state index in [9.17, 15) is 0 Å². The van der Waals surface area contributed by atoms with Crippen LogP contribution >= 0.6 is 0 Å². The van der Waals surface area contributed by atoms with Crippen molar-refractivity contribution in [1.82, 2.24) is 25.0 Å². The standard InChI is InChI=1S/C21H25N5/c1-15-4-5-18(12-16(15)2)26-14-19(17-6-8-22-9-7-17)21(24-26)20-13-23-10-11-25(20)3/h4-9,12,14,20,23H,10-11,13H2,1-3H3. The molecule has 1 aliphatic heterocycles. The van der Waals surface area contributed by atoms with Gasteiger partial charge in [-0.3, -0.25) is 9.88 Å². The summed E-state index contributed by atoms with van der Waals surface area (Å²) < 4.78 is 2.01. The summed E-state index contributed by atoms with van der Waals surface area (Å²) >= 11 is 0. The first-order chi connectivity index (χ1) is 12.6. The smallest absolute Gasteiger partial charge is 0.0891 e. The second kappa shape index (κ2) is 7.02. The minimum absolute atomic E-state index is 0.264. The van der Waals surface area contributed by atoms with Crippen molar-refractivity contribution in [3.05, 3.63) is 65.7 Å². The van der Waals surface area contributed by atoms with Gasteiger partial charge in [-0.25, -0.2) is 4.68 Å². The maximum atomic E-state index is 5.02. The number of nitrogens with one attached hydrogen (secondary N) is 1. The third-order valence-electron chi connectivity index (χ3n) is 5.32. The molecule has 2 aromatic heterocycles. The molecule has 26 heavy (non-hydrogen) atoms. The van der Waals surface area contributed by atoms with Gasteiger partial charge in [-0.2, -0.15) is 5.10 Å². The summed E-state index contributed by atoms with van der Waals surface area (Å²) in [4.78, 5) is 6.55. The Labute approximate surface area is 154 Å². The summed E-state index contributed by atoms with van der Waals surface area (Å²) in [6.07, 6.45) is 5.84. The molecule has 0 aliphatic carbocycles. The van der Waals surface area contributed by atoms with Gasteiger partial charge in [-0.05, 0) is 61.9 Å². The highest BCUT2D eigenvalue weighted by molar-refractivity contribution is 5.66. The summed E-state index contributed by atoms with van der Waals surface area (Å²) in [7, 11) is 2.18. The molecule has 0 bridgehead atoms. The monoisotopic (exact) mass is 347 g/mol. The van der Waals surface area contributed by atoms with Gasteiger partial charge in [0.1, 0.15) is 0 Å². The number of pyridine rings is 1. The summed E-state index contributed by atoms with van der Waals surface area (Å²) in [5.41, 5.74) is 7.12. The number of likely N-dealkylation sites (N-methyl/N-ethyl adjacent to an activating group) is 1. The van der Waals surface area contributed by atoms with Crippen LogP contribution < -0.4 is 5.32 Å².